The Morgan fingerprint density at radius 3 is 2.67 bits per heavy atom. The highest BCUT2D eigenvalue weighted by Gasteiger charge is 2.32. The Hall–Kier alpha value is -1.37. The lowest BCUT2D eigenvalue weighted by Crippen LogP contribution is -2.52. The maximum atomic E-state index is 9.02. The summed E-state index contributed by atoms with van der Waals surface area (Å²) in [7, 11) is 2.24. The molecule has 132 valence electrons. The zero-order chi connectivity index (χ0) is 17.5. The van der Waals surface area contributed by atoms with E-state index >= 15 is 0 Å². The first kappa shape index (κ1) is 19.0. The van der Waals surface area contributed by atoms with Crippen LogP contribution in [0.15, 0.2) is 30.3 Å². The minimum atomic E-state index is 0.164. The van der Waals surface area contributed by atoms with E-state index in [4.69, 9.17) is 5.26 Å². The first-order valence-corrected chi connectivity index (χ1v) is 9.39. The number of piperidine rings is 1. The quantitative estimate of drug-likeness (QED) is 0.753. The Balaban J connectivity index is 2.05. The van der Waals surface area contributed by atoms with Gasteiger partial charge in [-0.1, -0.05) is 37.3 Å². The van der Waals surface area contributed by atoms with Crippen molar-refractivity contribution in [3.8, 4) is 6.07 Å². The number of rotatable bonds is 7. The molecule has 0 aliphatic carbocycles. The van der Waals surface area contributed by atoms with E-state index in [0.29, 0.717) is 18.0 Å². The largest absolute Gasteiger partial charge is 0.303 e. The SMILES string of the molecule is C[C@H](C#N)CCCN(Cc1ccccc1)[C@H]1C[C@H](C)N(C)C[C@H]1C. The molecule has 0 bridgehead atoms. The molecule has 2 rings (SSSR count). The predicted molar refractivity (Wildman–Crippen MR) is 101 cm³/mol. The van der Waals surface area contributed by atoms with Gasteiger partial charge in [0.25, 0.3) is 0 Å². The number of hydrogen-bond acceptors (Lipinski definition) is 3. The van der Waals surface area contributed by atoms with Crippen LogP contribution in [0, 0.1) is 23.2 Å². The molecule has 1 aliphatic heterocycles. The fraction of sp³-hybridized carbons (Fsp3) is 0.667. The number of likely N-dealkylation sites (tertiary alicyclic amines) is 1. The summed E-state index contributed by atoms with van der Waals surface area (Å²) >= 11 is 0. The summed E-state index contributed by atoms with van der Waals surface area (Å²) in [4.78, 5) is 5.16. The number of nitrogens with zero attached hydrogens (tertiary/aromatic N) is 3. The van der Waals surface area contributed by atoms with Crippen LogP contribution < -0.4 is 0 Å². The lowest BCUT2D eigenvalue weighted by Gasteiger charge is -2.45. The van der Waals surface area contributed by atoms with Crippen LogP contribution >= 0.6 is 0 Å². The van der Waals surface area contributed by atoms with Gasteiger partial charge in [-0.05, 0) is 58.2 Å². The van der Waals surface area contributed by atoms with Crippen LogP contribution in [0.25, 0.3) is 0 Å². The minimum Gasteiger partial charge on any atom is -0.303 e. The van der Waals surface area contributed by atoms with Crippen LogP contribution in [0.5, 0.6) is 0 Å². The normalized spacial score (nSPS) is 26.2. The Morgan fingerprint density at radius 2 is 2.00 bits per heavy atom. The van der Waals surface area contributed by atoms with Crippen LogP contribution in [-0.2, 0) is 6.54 Å². The fourth-order valence-corrected chi connectivity index (χ4v) is 3.87. The summed E-state index contributed by atoms with van der Waals surface area (Å²) in [5.74, 6) is 0.848. The summed E-state index contributed by atoms with van der Waals surface area (Å²) in [6, 6.07) is 14.4. The van der Waals surface area contributed by atoms with Crippen molar-refractivity contribution in [2.45, 2.75) is 58.7 Å². The average Bonchev–Trinajstić information content (AvgIpc) is 2.58. The van der Waals surface area contributed by atoms with Crippen molar-refractivity contribution in [1.29, 1.82) is 5.26 Å². The monoisotopic (exact) mass is 327 g/mol. The van der Waals surface area contributed by atoms with E-state index in [1.54, 1.807) is 0 Å². The molecule has 1 saturated heterocycles. The van der Waals surface area contributed by atoms with Gasteiger partial charge < -0.3 is 4.90 Å². The fourth-order valence-electron chi connectivity index (χ4n) is 3.87. The van der Waals surface area contributed by atoms with E-state index in [1.165, 1.54) is 18.5 Å². The summed E-state index contributed by atoms with van der Waals surface area (Å²) in [5.41, 5.74) is 1.39. The maximum absolute atomic E-state index is 9.02. The van der Waals surface area contributed by atoms with Crippen molar-refractivity contribution < 1.29 is 0 Å². The van der Waals surface area contributed by atoms with Gasteiger partial charge in [0.15, 0.2) is 0 Å². The second-order valence-corrected chi connectivity index (χ2v) is 7.70. The molecule has 0 aromatic heterocycles. The zero-order valence-electron chi connectivity index (χ0n) is 15.8. The molecule has 1 heterocycles. The van der Waals surface area contributed by atoms with Crippen LogP contribution in [0.2, 0.25) is 0 Å². The van der Waals surface area contributed by atoms with Crippen molar-refractivity contribution in [3.05, 3.63) is 35.9 Å². The highest BCUT2D eigenvalue weighted by Crippen LogP contribution is 2.27. The standard InChI is InChI=1S/C21H33N3/c1-17(14-22)9-8-12-24(16-20-10-6-5-7-11-20)21-13-19(3)23(4)15-18(21)2/h5-7,10-11,17-19,21H,8-9,12-13,15-16H2,1-4H3/t17-,18+,19-,21-/m0/s1. The highest BCUT2D eigenvalue weighted by atomic mass is 15.2. The molecule has 1 aromatic carbocycles. The molecule has 0 spiro atoms. The average molecular weight is 328 g/mol. The van der Waals surface area contributed by atoms with Gasteiger partial charge in [-0.2, -0.15) is 5.26 Å². The van der Waals surface area contributed by atoms with Crippen molar-refractivity contribution in [3.63, 3.8) is 0 Å². The molecule has 24 heavy (non-hydrogen) atoms. The molecule has 3 heteroatoms. The van der Waals surface area contributed by atoms with Crippen molar-refractivity contribution in [1.82, 2.24) is 9.80 Å². The molecule has 1 aromatic rings. The molecule has 0 N–H and O–H groups in total. The van der Waals surface area contributed by atoms with Crippen LogP contribution in [-0.4, -0.2) is 42.0 Å². The maximum Gasteiger partial charge on any atom is 0.0652 e. The van der Waals surface area contributed by atoms with E-state index in [2.05, 4.69) is 67.1 Å². The first-order valence-electron chi connectivity index (χ1n) is 9.39. The number of nitriles is 1. The van der Waals surface area contributed by atoms with Crippen LogP contribution in [0.3, 0.4) is 0 Å². The van der Waals surface area contributed by atoms with Gasteiger partial charge >= 0.3 is 0 Å². The molecule has 0 amide bonds. The van der Waals surface area contributed by atoms with Gasteiger partial charge in [-0.3, -0.25) is 4.90 Å². The first-order chi connectivity index (χ1) is 11.5. The third kappa shape index (κ3) is 5.33. The smallest absolute Gasteiger partial charge is 0.0652 e. The number of benzene rings is 1. The van der Waals surface area contributed by atoms with E-state index in [0.717, 1.165) is 25.9 Å². The lowest BCUT2D eigenvalue weighted by molar-refractivity contribution is 0.0398. The zero-order valence-corrected chi connectivity index (χ0v) is 15.8. The van der Waals surface area contributed by atoms with Gasteiger partial charge in [-0.15, -0.1) is 0 Å². The van der Waals surface area contributed by atoms with Gasteiger partial charge in [0, 0.05) is 31.1 Å². The van der Waals surface area contributed by atoms with Crippen LogP contribution in [0.4, 0.5) is 0 Å². The Labute approximate surface area is 148 Å². The minimum absolute atomic E-state index is 0.164. The lowest BCUT2D eigenvalue weighted by atomic mass is 9.88. The molecule has 3 nitrogen and oxygen atoms in total. The third-order valence-corrected chi connectivity index (χ3v) is 5.57. The van der Waals surface area contributed by atoms with Crippen molar-refractivity contribution in [2.24, 2.45) is 11.8 Å². The summed E-state index contributed by atoms with van der Waals surface area (Å²) in [6.07, 6.45) is 3.34. The molecule has 0 radical (unpaired) electrons. The molecule has 4 atom stereocenters. The van der Waals surface area contributed by atoms with Gasteiger partial charge in [0.1, 0.15) is 0 Å². The van der Waals surface area contributed by atoms with Crippen LogP contribution in [0.1, 0.15) is 45.6 Å². The topological polar surface area (TPSA) is 30.3 Å². The van der Waals surface area contributed by atoms with Crippen molar-refractivity contribution >= 4 is 0 Å². The molecule has 1 aliphatic rings. The van der Waals surface area contributed by atoms with Gasteiger partial charge in [0.05, 0.1) is 6.07 Å². The van der Waals surface area contributed by atoms with Gasteiger partial charge in [0.2, 0.25) is 0 Å². The molecular weight excluding hydrogens is 294 g/mol. The molecular formula is C21H33N3. The van der Waals surface area contributed by atoms with E-state index in [1.807, 2.05) is 6.92 Å². The second kappa shape index (κ2) is 9.20. The number of hydrogen-bond donors (Lipinski definition) is 0. The second-order valence-electron chi connectivity index (χ2n) is 7.70. The summed E-state index contributed by atoms with van der Waals surface area (Å²) in [5, 5.41) is 9.02. The Morgan fingerprint density at radius 1 is 1.29 bits per heavy atom. The molecule has 0 unspecified atom stereocenters. The van der Waals surface area contributed by atoms with E-state index in [-0.39, 0.29) is 5.92 Å². The molecule has 1 fully saturated rings. The summed E-state index contributed by atoms with van der Waals surface area (Å²) in [6.45, 7) is 10.0. The predicted octanol–water partition coefficient (Wildman–Crippen LogP) is 4.16. The summed E-state index contributed by atoms with van der Waals surface area (Å²) < 4.78 is 0. The van der Waals surface area contributed by atoms with Gasteiger partial charge in [-0.25, -0.2) is 0 Å². The third-order valence-electron chi connectivity index (χ3n) is 5.57. The van der Waals surface area contributed by atoms with E-state index in [9.17, 15) is 0 Å². The highest BCUT2D eigenvalue weighted by molar-refractivity contribution is 5.14. The molecule has 0 saturated carbocycles. The van der Waals surface area contributed by atoms with Crippen molar-refractivity contribution in [2.75, 3.05) is 20.1 Å². The Bertz CT molecular complexity index is 522. The van der Waals surface area contributed by atoms with E-state index < -0.39 is 0 Å². The Kier molecular flexibility index (Phi) is 7.27.